The molecule has 0 aliphatic heterocycles. The third-order valence-electron chi connectivity index (χ3n) is 5.22. The predicted octanol–water partition coefficient (Wildman–Crippen LogP) is 6.07. The first-order chi connectivity index (χ1) is 11.5. The molecule has 0 aromatic carbocycles. The first-order valence-corrected chi connectivity index (χ1v) is 12.8. The SMILES string of the molecule is CCCCCCCCC1CC1CCCCCCCCOP([O-])(O)=S.[NH4+]. The molecule has 6 heteroatoms. The molecule has 0 heterocycles. The van der Waals surface area contributed by atoms with Crippen molar-refractivity contribution in [1.29, 1.82) is 0 Å². The molecule has 0 amide bonds. The Hall–Kier alpha value is 0.490. The highest BCUT2D eigenvalue weighted by Crippen LogP contribution is 2.45. The monoisotopic (exact) mass is 395 g/mol. The van der Waals surface area contributed by atoms with E-state index in [1.165, 1.54) is 83.5 Å². The summed E-state index contributed by atoms with van der Waals surface area (Å²) in [5.41, 5.74) is 0. The highest BCUT2D eigenvalue weighted by molar-refractivity contribution is 8.06. The standard InChI is InChI=1S/C19H39O3PS.H3N/c1-2-3-4-5-8-11-14-18-17-19(18)15-12-9-6-7-10-13-16-22-23(20,21)24;/h18-19H,2-17H2,1H3,(H2,20,21,24);1H3. The summed E-state index contributed by atoms with van der Waals surface area (Å²) in [6.45, 7) is -1.08. The summed E-state index contributed by atoms with van der Waals surface area (Å²) in [5, 5.41) is 0. The summed E-state index contributed by atoms with van der Waals surface area (Å²) in [7, 11) is 0. The van der Waals surface area contributed by atoms with Gasteiger partial charge in [0.15, 0.2) is 0 Å². The fourth-order valence-corrected chi connectivity index (χ4v) is 4.18. The van der Waals surface area contributed by atoms with Gasteiger partial charge >= 0.3 is 0 Å². The molecular weight excluding hydrogens is 353 g/mol. The van der Waals surface area contributed by atoms with Crippen LogP contribution in [0.25, 0.3) is 0 Å². The number of unbranched alkanes of at least 4 members (excludes halogenated alkanes) is 10. The molecular formula is C19H42NO3PS. The zero-order valence-electron chi connectivity index (χ0n) is 16.6. The third kappa shape index (κ3) is 16.4. The molecule has 1 rings (SSSR count). The van der Waals surface area contributed by atoms with E-state index in [9.17, 15) is 4.89 Å². The lowest BCUT2D eigenvalue weighted by atomic mass is 10.0. The Balaban J connectivity index is 0.00000576. The molecule has 0 radical (unpaired) electrons. The van der Waals surface area contributed by atoms with Gasteiger partial charge < -0.3 is 20.5 Å². The Labute approximate surface area is 161 Å². The van der Waals surface area contributed by atoms with E-state index in [-0.39, 0.29) is 6.15 Å². The van der Waals surface area contributed by atoms with Crippen molar-refractivity contribution in [2.45, 2.75) is 103 Å². The van der Waals surface area contributed by atoms with Crippen molar-refractivity contribution in [2.24, 2.45) is 11.8 Å². The van der Waals surface area contributed by atoms with Crippen LogP contribution in [0.15, 0.2) is 0 Å². The van der Waals surface area contributed by atoms with E-state index < -0.39 is 6.72 Å². The lowest BCUT2D eigenvalue weighted by Gasteiger charge is -2.19. The summed E-state index contributed by atoms with van der Waals surface area (Å²) in [6, 6.07) is 0. The number of hydrogen-bond acceptors (Lipinski definition) is 3. The van der Waals surface area contributed by atoms with Crippen LogP contribution in [-0.2, 0) is 16.3 Å². The summed E-state index contributed by atoms with van der Waals surface area (Å²) in [6.07, 6.45) is 20.0. The van der Waals surface area contributed by atoms with E-state index in [1.807, 2.05) is 0 Å². The van der Waals surface area contributed by atoms with Gasteiger partial charge in [0.25, 0.3) is 0 Å². The van der Waals surface area contributed by atoms with Gasteiger partial charge in [-0.05, 0) is 24.7 Å². The van der Waals surface area contributed by atoms with Gasteiger partial charge in [0.2, 0.25) is 0 Å². The second-order valence-electron chi connectivity index (χ2n) is 7.52. The normalized spacial score (nSPS) is 21.6. The number of rotatable bonds is 17. The van der Waals surface area contributed by atoms with Gasteiger partial charge in [-0.1, -0.05) is 102 Å². The number of quaternary nitrogens is 1. The quantitative estimate of drug-likeness (QED) is 0.231. The Morgan fingerprint density at radius 2 is 1.32 bits per heavy atom. The minimum Gasteiger partial charge on any atom is -0.780 e. The van der Waals surface area contributed by atoms with E-state index in [1.54, 1.807) is 0 Å². The van der Waals surface area contributed by atoms with Crippen LogP contribution >= 0.6 is 6.72 Å². The summed E-state index contributed by atoms with van der Waals surface area (Å²) in [4.78, 5) is 19.6. The fraction of sp³-hybridized carbons (Fsp3) is 1.00. The van der Waals surface area contributed by atoms with Gasteiger partial charge in [0.05, 0.1) is 6.61 Å². The van der Waals surface area contributed by atoms with E-state index in [0.717, 1.165) is 24.7 Å². The molecule has 0 aromatic heterocycles. The van der Waals surface area contributed by atoms with Gasteiger partial charge in [0.1, 0.15) is 6.72 Å². The van der Waals surface area contributed by atoms with Crippen LogP contribution in [0.5, 0.6) is 0 Å². The fourth-order valence-electron chi connectivity index (χ4n) is 3.60. The molecule has 4 nitrogen and oxygen atoms in total. The average Bonchev–Trinajstić information content (AvgIpc) is 3.26. The Kier molecular flexibility index (Phi) is 15.8. The number of hydrogen-bond donors (Lipinski definition) is 2. The maximum Gasteiger partial charge on any atom is 0.112 e. The molecule has 0 spiro atoms. The van der Waals surface area contributed by atoms with Gasteiger partial charge in [-0.25, -0.2) is 0 Å². The van der Waals surface area contributed by atoms with E-state index >= 15 is 0 Å². The molecule has 152 valence electrons. The molecule has 1 aliphatic carbocycles. The molecule has 25 heavy (non-hydrogen) atoms. The minimum absolute atomic E-state index is 0. The molecule has 0 aromatic rings. The topological polar surface area (TPSA) is 89.0 Å². The third-order valence-corrected chi connectivity index (χ3v) is 6.05. The van der Waals surface area contributed by atoms with Gasteiger partial charge in [-0.3, -0.25) is 0 Å². The zero-order valence-corrected chi connectivity index (χ0v) is 18.3. The zero-order chi connectivity index (χ0) is 17.7. The Morgan fingerprint density at radius 1 is 0.880 bits per heavy atom. The average molecular weight is 396 g/mol. The van der Waals surface area contributed by atoms with Crippen LogP contribution in [-0.4, -0.2) is 11.5 Å². The van der Waals surface area contributed by atoms with Crippen molar-refractivity contribution >= 4 is 18.5 Å². The first kappa shape index (κ1) is 25.5. The maximum atomic E-state index is 10.8. The van der Waals surface area contributed by atoms with Crippen LogP contribution in [0.1, 0.15) is 103 Å². The van der Waals surface area contributed by atoms with Crippen LogP contribution in [0.2, 0.25) is 0 Å². The van der Waals surface area contributed by atoms with Crippen LogP contribution in [0.3, 0.4) is 0 Å². The van der Waals surface area contributed by atoms with E-state index in [2.05, 4.69) is 18.7 Å². The molecule has 1 saturated carbocycles. The van der Waals surface area contributed by atoms with Crippen molar-refractivity contribution in [3.8, 4) is 0 Å². The maximum absolute atomic E-state index is 10.8. The summed E-state index contributed by atoms with van der Waals surface area (Å²) in [5.74, 6) is 2.10. The predicted molar refractivity (Wildman–Crippen MR) is 110 cm³/mol. The van der Waals surface area contributed by atoms with Gasteiger partial charge in [0, 0.05) is 0 Å². The van der Waals surface area contributed by atoms with Crippen LogP contribution < -0.4 is 11.0 Å². The molecule has 3 unspecified atom stereocenters. The van der Waals surface area contributed by atoms with Crippen LogP contribution in [0.4, 0.5) is 0 Å². The highest BCUT2D eigenvalue weighted by Gasteiger charge is 2.34. The van der Waals surface area contributed by atoms with Crippen molar-refractivity contribution in [3.05, 3.63) is 0 Å². The second kappa shape index (κ2) is 15.5. The van der Waals surface area contributed by atoms with E-state index in [0.29, 0.717) is 6.61 Å². The molecule has 5 N–H and O–H groups in total. The lowest BCUT2D eigenvalue weighted by Crippen LogP contribution is -2.03. The first-order valence-electron chi connectivity index (χ1n) is 10.2. The van der Waals surface area contributed by atoms with Crippen molar-refractivity contribution in [3.63, 3.8) is 0 Å². The molecule has 1 aliphatic rings. The minimum atomic E-state index is -3.67. The molecule has 3 atom stereocenters. The van der Waals surface area contributed by atoms with Crippen molar-refractivity contribution in [1.82, 2.24) is 6.15 Å². The largest absolute Gasteiger partial charge is 0.780 e. The lowest BCUT2D eigenvalue weighted by molar-refractivity contribution is -0.201. The van der Waals surface area contributed by atoms with Gasteiger partial charge in [-0.15, -0.1) is 0 Å². The summed E-state index contributed by atoms with van der Waals surface area (Å²) < 4.78 is 4.69. The van der Waals surface area contributed by atoms with Crippen LogP contribution in [0, 0.1) is 11.8 Å². The Morgan fingerprint density at radius 3 is 1.80 bits per heavy atom. The van der Waals surface area contributed by atoms with E-state index in [4.69, 9.17) is 9.42 Å². The second-order valence-corrected chi connectivity index (χ2v) is 10.1. The van der Waals surface area contributed by atoms with Crippen molar-refractivity contribution < 1.29 is 14.3 Å². The highest BCUT2D eigenvalue weighted by atomic mass is 32.5. The Bertz CT molecular complexity index is 352. The van der Waals surface area contributed by atoms with Gasteiger partial charge in [-0.2, -0.15) is 0 Å². The summed E-state index contributed by atoms with van der Waals surface area (Å²) >= 11 is 4.30. The molecule has 0 saturated heterocycles. The molecule has 1 fully saturated rings. The van der Waals surface area contributed by atoms with Crippen molar-refractivity contribution in [2.75, 3.05) is 6.61 Å². The molecule has 0 bridgehead atoms. The smallest absolute Gasteiger partial charge is 0.112 e.